The summed E-state index contributed by atoms with van der Waals surface area (Å²) < 4.78 is 55.4. The van der Waals surface area contributed by atoms with Crippen molar-refractivity contribution < 1.29 is 32.0 Å². The van der Waals surface area contributed by atoms with Gasteiger partial charge in [-0.2, -0.15) is 9.78 Å². The van der Waals surface area contributed by atoms with Crippen molar-refractivity contribution in [2.24, 2.45) is 0 Å². The van der Waals surface area contributed by atoms with Gasteiger partial charge in [0.15, 0.2) is 5.69 Å². The number of sulfonamides is 1. The summed E-state index contributed by atoms with van der Waals surface area (Å²) in [5.41, 5.74) is -0.0459. The van der Waals surface area contributed by atoms with Crippen LogP contribution in [0.3, 0.4) is 0 Å². The van der Waals surface area contributed by atoms with Crippen LogP contribution in [0.25, 0.3) is 5.69 Å². The Labute approximate surface area is 224 Å². The van der Waals surface area contributed by atoms with Crippen LogP contribution in [0.4, 0.5) is 10.1 Å². The van der Waals surface area contributed by atoms with Crippen LogP contribution in [-0.2, 0) is 14.8 Å². The van der Waals surface area contributed by atoms with E-state index in [1.54, 1.807) is 20.8 Å². The minimum absolute atomic E-state index is 0.0288. The van der Waals surface area contributed by atoms with E-state index in [2.05, 4.69) is 15.1 Å². The van der Waals surface area contributed by atoms with Gasteiger partial charge in [0.2, 0.25) is 15.9 Å². The second-order valence-electron chi connectivity index (χ2n) is 9.28. The van der Waals surface area contributed by atoms with Crippen LogP contribution in [0, 0.1) is 22.9 Å². The van der Waals surface area contributed by atoms with E-state index >= 15 is 0 Å². The van der Waals surface area contributed by atoms with E-state index in [4.69, 9.17) is 9.47 Å². The lowest BCUT2D eigenvalue weighted by molar-refractivity contribution is -0.385. The Balaban J connectivity index is 1.79. The third-order valence-electron chi connectivity index (χ3n) is 5.88. The monoisotopic (exact) mass is 561 g/mol. The van der Waals surface area contributed by atoms with Crippen molar-refractivity contribution in [2.45, 2.75) is 50.7 Å². The zero-order chi connectivity index (χ0) is 28.3. The lowest BCUT2D eigenvalue weighted by Gasteiger charge is -2.15. The lowest BCUT2D eigenvalue weighted by Crippen LogP contribution is -2.32. The van der Waals surface area contributed by atoms with E-state index in [1.165, 1.54) is 28.9 Å². The number of nitro groups is 1. The molecule has 1 aromatic heterocycles. The molecule has 1 unspecified atom stereocenters. The number of rotatable bonds is 10. The quantitative estimate of drug-likeness (QED) is 0.281. The maximum atomic E-state index is 14.1. The summed E-state index contributed by atoms with van der Waals surface area (Å²) in [6.45, 7) is 5.63. The van der Waals surface area contributed by atoms with Crippen LogP contribution in [0.5, 0.6) is 11.6 Å². The summed E-state index contributed by atoms with van der Waals surface area (Å²) in [6.07, 6.45) is 1.60. The van der Waals surface area contributed by atoms with E-state index in [1.807, 2.05) is 0 Å². The van der Waals surface area contributed by atoms with E-state index in [9.17, 15) is 27.7 Å². The van der Waals surface area contributed by atoms with Crippen molar-refractivity contribution in [3.63, 3.8) is 0 Å². The number of hydrogen-bond acceptors (Lipinski definition) is 8. The number of aromatic nitrogens is 2. The van der Waals surface area contributed by atoms with Gasteiger partial charge in [0, 0.05) is 36.9 Å². The number of nitrogens with zero attached hydrogens (tertiary/aromatic N) is 3. The molecule has 1 amide bonds. The molecule has 1 saturated heterocycles. The molecule has 0 radical (unpaired) electrons. The Hall–Kier alpha value is -3.88. The average molecular weight is 562 g/mol. The molecule has 4 rings (SSSR count). The number of halogens is 1. The third-order valence-corrected chi connectivity index (χ3v) is 7.56. The molecular formula is C25H28FN5O7S. The minimum atomic E-state index is -4.25. The summed E-state index contributed by atoms with van der Waals surface area (Å²) in [5.74, 6) is -1.42. The SMILES string of the molecule is Cc1c(C(=O)NCC2CCCO2)nn(-c2cccc(F)c2)c1Oc1ccc([N+](=O)[O-])cc1S(=O)(=O)NC(C)C. The Kier molecular flexibility index (Phi) is 8.28. The zero-order valence-corrected chi connectivity index (χ0v) is 22.3. The first-order valence-electron chi connectivity index (χ1n) is 12.2. The average Bonchev–Trinajstić information content (AvgIpc) is 3.50. The highest BCUT2D eigenvalue weighted by Crippen LogP contribution is 2.36. The van der Waals surface area contributed by atoms with Crippen molar-refractivity contribution in [2.75, 3.05) is 13.2 Å². The topological polar surface area (TPSA) is 155 Å². The number of non-ortho nitro benzene ring substituents is 1. The van der Waals surface area contributed by atoms with Crippen molar-refractivity contribution >= 4 is 21.6 Å². The molecule has 1 aliphatic heterocycles. The number of hydrogen-bond donors (Lipinski definition) is 2. The standard InChI is InChI=1S/C25H28FN5O7S/c1-15(2)29-39(35,36)22-13-19(31(33)34)9-10-21(22)38-25-16(3)23(24(32)27-14-20-8-5-11-37-20)28-30(25)18-7-4-6-17(26)12-18/h4,6-7,9-10,12-13,15,20,29H,5,8,11,14H2,1-3H3,(H,27,32). The fraction of sp³-hybridized carbons (Fsp3) is 0.360. The minimum Gasteiger partial charge on any atom is -0.437 e. The van der Waals surface area contributed by atoms with Crippen LogP contribution < -0.4 is 14.8 Å². The Morgan fingerprint density at radius 3 is 2.72 bits per heavy atom. The highest BCUT2D eigenvalue weighted by molar-refractivity contribution is 7.89. The van der Waals surface area contributed by atoms with Crippen molar-refractivity contribution in [1.82, 2.24) is 19.8 Å². The zero-order valence-electron chi connectivity index (χ0n) is 21.5. The molecule has 2 heterocycles. The fourth-order valence-electron chi connectivity index (χ4n) is 4.08. The van der Waals surface area contributed by atoms with Crippen molar-refractivity contribution in [1.29, 1.82) is 0 Å². The van der Waals surface area contributed by atoms with E-state index < -0.39 is 43.3 Å². The normalized spacial score (nSPS) is 15.5. The van der Waals surface area contributed by atoms with Crippen LogP contribution in [-0.4, -0.2) is 54.3 Å². The van der Waals surface area contributed by atoms with Gasteiger partial charge in [0.1, 0.15) is 16.5 Å². The molecule has 1 fully saturated rings. The molecular weight excluding hydrogens is 533 g/mol. The molecule has 3 aromatic rings. The summed E-state index contributed by atoms with van der Waals surface area (Å²) in [6, 6.07) is 7.98. The molecule has 0 aliphatic carbocycles. The molecule has 0 bridgehead atoms. The summed E-state index contributed by atoms with van der Waals surface area (Å²) in [5, 5.41) is 18.5. The van der Waals surface area contributed by atoms with Gasteiger partial charge in [-0.3, -0.25) is 14.9 Å². The van der Waals surface area contributed by atoms with Gasteiger partial charge in [-0.05, 0) is 57.9 Å². The van der Waals surface area contributed by atoms with Gasteiger partial charge < -0.3 is 14.8 Å². The number of nitro benzene ring substituents is 1. The number of carbonyl (C=O) groups excluding carboxylic acids is 1. The molecule has 1 aliphatic rings. The van der Waals surface area contributed by atoms with Crippen molar-refractivity contribution in [3.05, 3.63) is 69.7 Å². The molecule has 0 saturated carbocycles. The molecule has 2 N–H and O–H groups in total. The first-order valence-corrected chi connectivity index (χ1v) is 13.7. The maximum Gasteiger partial charge on any atom is 0.272 e. The first kappa shape index (κ1) is 28.1. The molecule has 2 aromatic carbocycles. The van der Waals surface area contributed by atoms with Gasteiger partial charge >= 0.3 is 0 Å². The number of ether oxygens (including phenoxy) is 2. The lowest BCUT2D eigenvalue weighted by atomic mass is 10.2. The predicted octanol–water partition coefficient (Wildman–Crippen LogP) is 3.62. The maximum absolute atomic E-state index is 14.1. The van der Waals surface area contributed by atoms with Gasteiger partial charge in [0.25, 0.3) is 11.6 Å². The first-order chi connectivity index (χ1) is 18.5. The van der Waals surface area contributed by atoms with E-state index in [-0.39, 0.29) is 41.2 Å². The second kappa shape index (κ2) is 11.5. The molecule has 208 valence electrons. The van der Waals surface area contributed by atoms with Crippen molar-refractivity contribution in [3.8, 4) is 17.3 Å². The largest absolute Gasteiger partial charge is 0.437 e. The molecule has 1 atom stereocenters. The Morgan fingerprint density at radius 1 is 1.31 bits per heavy atom. The molecule has 14 heteroatoms. The number of amides is 1. The van der Waals surface area contributed by atoms with Crippen LogP contribution in [0.1, 0.15) is 42.7 Å². The number of benzene rings is 2. The number of carbonyl (C=O) groups is 1. The van der Waals surface area contributed by atoms with Gasteiger partial charge in [0.05, 0.1) is 16.7 Å². The summed E-state index contributed by atoms with van der Waals surface area (Å²) in [7, 11) is -4.25. The van der Waals surface area contributed by atoms with E-state index in [0.717, 1.165) is 31.0 Å². The third kappa shape index (κ3) is 6.41. The summed E-state index contributed by atoms with van der Waals surface area (Å²) in [4.78, 5) is 23.2. The van der Waals surface area contributed by atoms with Gasteiger partial charge in [-0.15, -0.1) is 0 Å². The molecule has 0 spiro atoms. The van der Waals surface area contributed by atoms with Crippen LogP contribution in [0.2, 0.25) is 0 Å². The van der Waals surface area contributed by atoms with Gasteiger partial charge in [-0.1, -0.05) is 6.07 Å². The molecule has 12 nitrogen and oxygen atoms in total. The predicted molar refractivity (Wildman–Crippen MR) is 138 cm³/mol. The highest BCUT2D eigenvalue weighted by Gasteiger charge is 2.29. The highest BCUT2D eigenvalue weighted by atomic mass is 32.2. The van der Waals surface area contributed by atoms with E-state index in [0.29, 0.717) is 6.61 Å². The smallest absolute Gasteiger partial charge is 0.272 e. The fourth-order valence-corrected chi connectivity index (χ4v) is 5.48. The van der Waals surface area contributed by atoms with Gasteiger partial charge in [-0.25, -0.2) is 17.5 Å². The van der Waals surface area contributed by atoms with Crippen LogP contribution >= 0.6 is 0 Å². The van der Waals surface area contributed by atoms with Crippen LogP contribution in [0.15, 0.2) is 47.4 Å². The Morgan fingerprint density at radius 2 is 2.08 bits per heavy atom. The number of nitrogens with one attached hydrogen (secondary N) is 2. The Bertz CT molecular complexity index is 1500. The second-order valence-corrected chi connectivity index (χ2v) is 11.0. The molecule has 39 heavy (non-hydrogen) atoms. The summed E-state index contributed by atoms with van der Waals surface area (Å²) >= 11 is 0.